The van der Waals surface area contributed by atoms with Crippen LogP contribution in [0.25, 0.3) is 5.69 Å². The van der Waals surface area contributed by atoms with Gasteiger partial charge in [0.2, 0.25) is 5.91 Å². The summed E-state index contributed by atoms with van der Waals surface area (Å²) in [6.45, 7) is 1.92. The first kappa shape index (κ1) is 15.7. The van der Waals surface area contributed by atoms with E-state index in [-0.39, 0.29) is 12.3 Å². The highest BCUT2D eigenvalue weighted by molar-refractivity contribution is 5.91. The molecule has 0 spiro atoms. The molecule has 3 rings (SSSR count). The third kappa shape index (κ3) is 3.62. The van der Waals surface area contributed by atoms with Crippen LogP contribution in [0.5, 0.6) is 0 Å². The maximum Gasteiger partial charge on any atom is 0.227 e. The molecule has 1 aliphatic carbocycles. The van der Waals surface area contributed by atoms with Crippen molar-refractivity contribution in [2.75, 3.05) is 5.32 Å². The number of hydrogen-bond donors (Lipinski definition) is 2. The van der Waals surface area contributed by atoms with Gasteiger partial charge < -0.3 is 10.4 Å². The molecular weight excluding hydrogens is 290 g/mol. The number of para-hydroxylation sites is 1. The fourth-order valence-corrected chi connectivity index (χ4v) is 3.24. The highest BCUT2D eigenvalue weighted by Gasteiger charge is 2.31. The third-order valence-corrected chi connectivity index (χ3v) is 4.56. The standard InChI is InChI=1S/C18H23N3O2/c1-14-16(13-19-21(14)15-8-4-2-5-9-15)20-17(22)12-18(23)10-6-3-7-11-18/h2,4-5,8-9,13,23H,3,6-7,10-12H2,1H3,(H,20,22). The summed E-state index contributed by atoms with van der Waals surface area (Å²) in [4.78, 5) is 12.3. The van der Waals surface area contributed by atoms with Gasteiger partial charge in [-0.25, -0.2) is 4.68 Å². The molecule has 1 aromatic carbocycles. The summed E-state index contributed by atoms with van der Waals surface area (Å²) in [5, 5.41) is 17.7. The Morgan fingerprint density at radius 1 is 1.26 bits per heavy atom. The SMILES string of the molecule is Cc1c(NC(=O)CC2(O)CCCCC2)cnn1-c1ccccc1. The largest absolute Gasteiger partial charge is 0.389 e. The van der Waals surface area contributed by atoms with Crippen LogP contribution in [0.2, 0.25) is 0 Å². The van der Waals surface area contributed by atoms with Crippen molar-refractivity contribution in [1.82, 2.24) is 9.78 Å². The molecule has 1 aromatic heterocycles. The monoisotopic (exact) mass is 313 g/mol. The quantitative estimate of drug-likeness (QED) is 0.911. The lowest BCUT2D eigenvalue weighted by Crippen LogP contribution is -2.35. The molecule has 1 fully saturated rings. The van der Waals surface area contributed by atoms with Crippen molar-refractivity contribution in [3.63, 3.8) is 0 Å². The van der Waals surface area contributed by atoms with Crippen molar-refractivity contribution in [2.24, 2.45) is 0 Å². The third-order valence-electron chi connectivity index (χ3n) is 4.56. The predicted molar refractivity (Wildman–Crippen MR) is 89.6 cm³/mol. The van der Waals surface area contributed by atoms with Gasteiger partial charge in [-0.2, -0.15) is 5.10 Å². The Bertz CT molecular complexity index is 673. The van der Waals surface area contributed by atoms with E-state index in [0.717, 1.165) is 30.6 Å². The number of nitrogens with one attached hydrogen (secondary N) is 1. The summed E-state index contributed by atoms with van der Waals surface area (Å²) >= 11 is 0. The van der Waals surface area contributed by atoms with Gasteiger partial charge in [0, 0.05) is 0 Å². The molecule has 1 aliphatic rings. The summed E-state index contributed by atoms with van der Waals surface area (Å²) in [6, 6.07) is 9.79. The van der Waals surface area contributed by atoms with Gasteiger partial charge >= 0.3 is 0 Å². The molecule has 1 amide bonds. The van der Waals surface area contributed by atoms with Gasteiger partial charge in [0.25, 0.3) is 0 Å². The Balaban J connectivity index is 1.69. The van der Waals surface area contributed by atoms with Crippen LogP contribution in [0.3, 0.4) is 0 Å². The fourth-order valence-electron chi connectivity index (χ4n) is 3.24. The van der Waals surface area contributed by atoms with E-state index in [2.05, 4.69) is 10.4 Å². The Morgan fingerprint density at radius 3 is 2.65 bits per heavy atom. The summed E-state index contributed by atoms with van der Waals surface area (Å²) < 4.78 is 1.80. The van der Waals surface area contributed by atoms with Crippen LogP contribution in [-0.4, -0.2) is 26.4 Å². The molecule has 0 unspecified atom stereocenters. The number of carbonyl (C=O) groups excluding carboxylic acids is 1. The van der Waals surface area contributed by atoms with Crippen molar-refractivity contribution in [1.29, 1.82) is 0 Å². The van der Waals surface area contributed by atoms with Gasteiger partial charge in [-0.1, -0.05) is 37.5 Å². The van der Waals surface area contributed by atoms with E-state index in [1.54, 1.807) is 10.9 Å². The summed E-state index contributed by atoms with van der Waals surface area (Å²) in [5.41, 5.74) is 1.68. The Labute approximate surface area is 136 Å². The molecule has 0 bridgehead atoms. The maximum absolute atomic E-state index is 12.3. The zero-order valence-electron chi connectivity index (χ0n) is 13.5. The fraction of sp³-hybridized carbons (Fsp3) is 0.444. The van der Waals surface area contributed by atoms with E-state index in [4.69, 9.17) is 0 Å². The number of nitrogens with zero attached hydrogens (tertiary/aromatic N) is 2. The molecule has 5 heteroatoms. The van der Waals surface area contributed by atoms with Gasteiger partial charge in [0.05, 0.1) is 35.3 Å². The van der Waals surface area contributed by atoms with Crippen molar-refractivity contribution in [3.8, 4) is 5.69 Å². The molecular formula is C18H23N3O2. The molecule has 2 N–H and O–H groups in total. The van der Waals surface area contributed by atoms with Crippen molar-refractivity contribution in [2.45, 2.75) is 51.0 Å². The van der Waals surface area contributed by atoms with E-state index in [9.17, 15) is 9.90 Å². The maximum atomic E-state index is 12.3. The van der Waals surface area contributed by atoms with E-state index < -0.39 is 5.60 Å². The number of amides is 1. The van der Waals surface area contributed by atoms with Crippen molar-refractivity contribution in [3.05, 3.63) is 42.2 Å². The van der Waals surface area contributed by atoms with Gasteiger partial charge in [-0.15, -0.1) is 0 Å². The molecule has 0 radical (unpaired) electrons. The number of carbonyl (C=O) groups is 1. The second kappa shape index (κ2) is 6.54. The highest BCUT2D eigenvalue weighted by Crippen LogP contribution is 2.31. The molecule has 5 nitrogen and oxygen atoms in total. The molecule has 0 atom stereocenters. The zero-order chi connectivity index (χ0) is 16.3. The van der Waals surface area contributed by atoms with Crippen LogP contribution in [0, 0.1) is 6.92 Å². The molecule has 23 heavy (non-hydrogen) atoms. The normalized spacial score (nSPS) is 17.0. The van der Waals surface area contributed by atoms with E-state index in [0.29, 0.717) is 18.5 Å². The van der Waals surface area contributed by atoms with Crippen LogP contribution < -0.4 is 5.32 Å². The van der Waals surface area contributed by atoms with Gasteiger partial charge in [0.15, 0.2) is 0 Å². The zero-order valence-corrected chi connectivity index (χ0v) is 13.5. The summed E-state index contributed by atoms with van der Waals surface area (Å²) in [7, 11) is 0. The highest BCUT2D eigenvalue weighted by atomic mass is 16.3. The predicted octanol–water partition coefficient (Wildman–Crippen LogP) is 3.20. The Kier molecular flexibility index (Phi) is 4.48. The summed E-state index contributed by atoms with van der Waals surface area (Å²) in [6.07, 6.45) is 6.37. The second-order valence-corrected chi connectivity index (χ2v) is 6.40. The molecule has 122 valence electrons. The Morgan fingerprint density at radius 2 is 1.96 bits per heavy atom. The van der Waals surface area contributed by atoms with Crippen molar-refractivity contribution < 1.29 is 9.90 Å². The minimum atomic E-state index is -0.842. The lowest BCUT2D eigenvalue weighted by Gasteiger charge is -2.31. The topological polar surface area (TPSA) is 67.2 Å². The molecule has 0 aliphatic heterocycles. The molecule has 1 saturated carbocycles. The number of aliphatic hydroxyl groups is 1. The number of benzene rings is 1. The Hall–Kier alpha value is -2.14. The average molecular weight is 313 g/mol. The first-order valence-electron chi connectivity index (χ1n) is 8.20. The number of rotatable bonds is 4. The number of aromatic nitrogens is 2. The summed E-state index contributed by atoms with van der Waals surface area (Å²) in [5.74, 6) is -0.148. The van der Waals surface area contributed by atoms with E-state index >= 15 is 0 Å². The van der Waals surface area contributed by atoms with Crippen LogP contribution >= 0.6 is 0 Å². The second-order valence-electron chi connectivity index (χ2n) is 6.40. The molecule has 2 aromatic rings. The lowest BCUT2D eigenvalue weighted by atomic mass is 9.82. The smallest absolute Gasteiger partial charge is 0.227 e. The van der Waals surface area contributed by atoms with Crippen LogP contribution in [0.1, 0.15) is 44.2 Å². The number of anilines is 1. The van der Waals surface area contributed by atoms with Crippen molar-refractivity contribution >= 4 is 11.6 Å². The minimum absolute atomic E-state index is 0.148. The van der Waals surface area contributed by atoms with Gasteiger partial charge in [-0.3, -0.25) is 4.79 Å². The van der Waals surface area contributed by atoms with E-state index in [1.807, 2.05) is 37.3 Å². The molecule has 0 saturated heterocycles. The number of hydrogen-bond acceptors (Lipinski definition) is 3. The van der Waals surface area contributed by atoms with Crippen LogP contribution in [0.15, 0.2) is 36.5 Å². The first-order valence-corrected chi connectivity index (χ1v) is 8.20. The average Bonchev–Trinajstić information content (AvgIpc) is 2.89. The van der Waals surface area contributed by atoms with Crippen LogP contribution in [-0.2, 0) is 4.79 Å². The van der Waals surface area contributed by atoms with Gasteiger partial charge in [-0.05, 0) is 31.9 Å². The molecule has 1 heterocycles. The van der Waals surface area contributed by atoms with Crippen LogP contribution in [0.4, 0.5) is 5.69 Å². The van der Waals surface area contributed by atoms with Gasteiger partial charge in [0.1, 0.15) is 0 Å². The lowest BCUT2D eigenvalue weighted by molar-refractivity contribution is -0.122. The minimum Gasteiger partial charge on any atom is -0.389 e. The first-order chi connectivity index (χ1) is 11.1. The van der Waals surface area contributed by atoms with E-state index in [1.165, 1.54) is 0 Å².